The van der Waals surface area contributed by atoms with Crippen molar-refractivity contribution in [1.29, 1.82) is 0 Å². The Morgan fingerprint density at radius 1 is 0.480 bits per heavy atom. The third-order valence-corrected chi connectivity index (χ3v) is 3.73. The van der Waals surface area contributed by atoms with E-state index in [1.807, 2.05) is 0 Å². The highest BCUT2D eigenvalue weighted by molar-refractivity contribution is 5.46. The molecule has 0 unspecified atom stereocenters. The van der Waals surface area contributed by atoms with E-state index >= 15 is 0 Å². The third kappa shape index (κ3) is 2.47. The van der Waals surface area contributed by atoms with Gasteiger partial charge in [0.1, 0.15) is 0 Å². The molecule has 0 spiro atoms. The predicted molar refractivity (Wildman–Crippen MR) is 68.0 cm³/mol. The largest absolute Gasteiger partial charge is 0.503 e. The van der Waals surface area contributed by atoms with E-state index in [0.717, 1.165) is 0 Å². The Morgan fingerprint density at radius 3 is 0.880 bits per heavy atom. The molecule has 25 heavy (non-hydrogen) atoms. The molecule has 0 aliphatic carbocycles. The molecule has 0 aromatic heterocycles. The average Bonchev–Trinajstić information content (AvgIpc) is 2.54. The Kier molecular flexibility index (Phi) is 4.35. The van der Waals surface area contributed by atoms with E-state index in [1.165, 1.54) is 0 Å². The lowest BCUT2D eigenvalue weighted by atomic mass is 9.76. The van der Waals surface area contributed by atoms with Crippen LogP contribution in [0.1, 0.15) is 25.0 Å². The van der Waals surface area contributed by atoms with Gasteiger partial charge in [-0.05, 0) is 0 Å². The maximum absolute atomic E-state index is 14.0. The van der Waals surface area contributed by atoms with Crippen LogP contribution in [0.2, 0.25) is 0 Å². The van der Waals surface area contributed by atoms with E-state index in [0.29, 0.717) is 13.8 Å². The molecule has 2 nitrogen and oxygen atoms in total. The number of hydrogen-bond acceptors (Lipinski definition) is 2. The monoisotopic (exact) mass is 372 g/mol. The first-order chi connectivity index (χ1) is 11.4. The summed E-state index contributed by atoms with van der Waals surface area (Å²) in [7, 11) is 0. The minimum absolute atomic E-state index is 0.627. The Labute approximate surface area is 134 Å². The van der Waals surface area contributed by atoms with Gasteiger partial charge in [0.05, 0.1) is 0 Å². The van der Waals surface area contributed by atoms with Gasteiger partial charge in [-0.1, -0.05) is 13.8 Å². The van der Waals surface area contributed by atoms with Gasteiger partial charge in [0.25, 0.3) is 0 Å². The molecule has 0 saturated heterocycles. The van der Waals surface area contributed by atoms with Crippen molar-refractivity contribution in [2.45, 2.75) is 19.3 Å². The highest BCUT2D eigenvalue weighted by Gasteiger charge is 2.42. The second kappa shape index (κ2) is 5.78. The van der Waals surface area contributed by atoms with Crippen molar-refractivity contribution >= 4 is 0 Å². The van der Waals surface area contributed by atoms with Gasteiger partial charge in [-0.3, -0.25) is 0 Å². The van der Waals surface area contributed by atoms with Crippen LogP contribution in [0.3, 0.4) is 0 Å². The molecule has 0 bridgehead atoms. The van der Waals surface area contributed by atoms with Crippen molar-refractivity contribution in [3.05, 3.63) is 57.7 Å². The molecule has 0 fully saturated rings. The first kappa shape index (κ1) is 18.8. The smallest absolute Gasteiger partial charge is 0.204 e. The molecule has 2 aromatic carbocycles. The fourth-order valence-electron chi connectivity index (χ4n) is 2.46. The summed E-state index contributed by atoms with van der Waals surface area (Å²) in [6, 6.07) is 0. The van der Waals surface area contributed by atoms with Crippen LogP contribution >= 0.6 is 0 Å². The normalized spacial score (nSPS) is 11.9. The third-order valence-electron chi connectivity index (χ3n) is 3.73. The maximum Gasteiger partial charge on any atom is 0.204 e. The summed E-state index contributed by atoms with van der Waals surface area (Å²) in [6.45, 7) is 1.25. The van der Waals surface area contributed by atoms with E-state index in [1.54, 1.807) is 0 Å². The number of benzene rings is 2. The zero-order chi connectivity index (χ0) is 19.4. The van der Waals surface area contributed by atoms with Gasteiger partial charge >= 0.3 is 0 Å². The highest BCUT2D eigenvalue weighted by Crippen LogP contribution is 2.43. The number of halogens is 8. The van der Waals surface area contributed by atoms with Crippen molar-refractivity contribution in [2.24, 2.45) is 0 Å². The number of phenols is 2. The van der Waals surface area contributed by atoms with E-state index in [9.17, 15) is 35.1 Å². The molecule has 0 heterocycles. The SMILES string of the molecule is CC(C)(c1c(F)c(F)c(O)c(F)c1F)c1c(F)c(F)c(O)c(F)c1F. The van der Waals surface area contributed by atoms with Crippen LogP contribution in [0.4, 0.5) is 35.1 Å². The molecule has 2 rings (SSSR count). The van der Waals surface area contributed by atoms with Crippen LogP contribution < -0.4 is 0 Å². The number of phenolic OH excluding ortho intramolecular Hbond substituents is 2. The number of hydrogen-bond donors (Lipinski definition) is 2. The predicted octanol–water partition coefficient (Wildman–Crippen LogP) is 4.54. The molecule has 0 aliphatic rings. The molecule has 2 aromatic rings. The molecular weight excluding hydrogens is 364 g/mol. The average molecular weight is 372 g/mol. The molecule has 0 atom stereocenters. The Hall–Kier alpha value is -2.52. The topological polar surface area (TPSA) is 40.5 Å². The summed E-state index contributed by atoms with van der Waals surface area (Å²) >= 11 is 0. The molecule has 0 radical (unpaired) electrons. The van der Waals surface area contributed by atoms with Crippen LogP contribution in [-0.4, -0.2) is 10.2 Å². The molecular formula is C15H8F8O2. The maximum atomic E-state index is 14.0. The van der Waals surface area contributed by atoms with Gasteiger partial charge in [0, 0.05) is 16.5 Å². The quantitative estimate of drug-likeness (QED) is 0.601. The van der Waals surface area contributed by atoms with Gasteiger partial charge in [-0.2, -0.15) is 17.6 Å². The zero-order valence-electron chi connectivity index (χ0n) is 12.4. The summed E-state index contributed by atoms with van der Waals surface area (Å²) in [6.07, 6.45) is 0. The Balaban J connectivity index is 2.96. The van der Waals surface area contributed by atoms with Gasteiger partial charge in [0.15, 0.2) is 34.8 Å². The summed E-state index contributed by atoms with van der Waals surface area (Å²) in [5.74, 6) is -21.9. The van der Waals surface area contributed by atoms with Gasteiger partial charge in [-0.15, -0.1) is 0 Å². The standard InChI is InChI=1S/C15H8F8O2/c1-15(2,3-5(16)9(20)13(24)10(21)6(3)17)4-7(18)11(22)14(25)12(23)8(4)19/h24-25H,1-2H3. The van der Waals surface area contributed by atoms with Gasteiger partial charge < -0.3 is 10.2 Å². The Morgan fingerprint density at radius 2 is 0.680 bits per heavy atom. The summed E-state index contributed by atoms with van der Waals surface area (Å²) < 4.78 is 110. The van der Waals surface area contributed by atoms with Crippen molar-refractivity contribution in [2.75, 3.05) is 0 Å². The van der Waals surface area contributed by atoms with Crippen molar-refractivity contribution in [3.63, 3.8) is 0 Å². The number of aromatic hydroxyl groups is 2. The molecule has 136 valence electrons. The van der Waals surface area contributed by atoms with E-state index in [2.05, 4.69) is 0 Å². The lowest BCUT2D eigenvalue weighted by Gasteiger charge is -2.28. The zero-order valence-corrected chi connectivity index (χ0v) is 12.4. The first-order valence-electron chi connectivity index (χ1n) is 6.46. The molecule has 10 heteroatoms. The van der Waals surface area contributed by atoms with Crippen LogP contribution in [0.5, 0.6) is 11.5 Å². The molecule has 0 amide bonds. The first-order valence-corrected chi connectivity index (χ1v) is 6.46. The highest BCUT2D eigenvalue weighted by atomic mass is 19.2. The minimum Gasteiger partial charge on any atom is -0.503 e. The fourth-order valence-corrected chi connectivity index (χ4v) is 2.46. The number of rotatable bonds is 2. The van der Waals surface area contributed by atoms with E-state index in [4.69, 9.17) is 10.2 Å². The lowest BCUT2D eigenvalue weighted by Crippen LogP contribution is -2.28. The molecule has 0 aliphatic heterocycles. The summed E-state index contributed by atoms with van der Waals surface area (Å²) in [4.78, 5) is 0. The van der Waals surface area contributed by atoms with Crippen LogP contribution in [-0.2, 0) is 5.41 Å². The minimum atomic E-state index is -2.69. The van der Waals surface area contributed by atoms with E-state index in [-0.39, 0.29) is 0 Å². The Bertz CT molecular complexity index is 763. The second-order valence-electron chi connectivity index (χ2n) is 5.58. The fraction of sp³-hybridized carbons (Fsp3) is 0.200. The van der Waals surface area contributed by atoms with Gasteiger partial charge in [0.2, 0.25) is 23.3 Å². The second-order valence-corrected chi connectivity index (χ2v) is 5.58. The van der Waals surface area contributed by atoms with Crippen LogP contribution in [0, 0.1) is 46.5 Å². The molecule has 0 saturated carbocycles. The van der Waals surface area contributed by atoms with Gasteiger partial charge in [-0.25, -0.2) is 17.6 Å². The molecule has 2 N–H and O–H groups in total. The van der Waals surface area contributed by atoms with Crippen molar-refractivity contribution in [3.8, 4) is 11.5 Å². The van der Waals surface area contributed by atoms with Crippen molar-refractivity contribution < 1.29 is 45.3 Å². The summed E-state index contributed by atoms with van der Waals surface area (Å²) in [5, 5.41) is 17.9. The van der Waals surface area contributed by atoms with Crippen molar-refractivity contribution in [1.82, 2.24) is 0 Å². The van der Waals surface area contributed by atoms with Crippen LogP contribution in [0.25, 0.3) is 0 Å². The lowest BCUT2D eigenvalue weighted by molar-refractivity contribution is 0.327. The van der Waals surface area contributed by atoms with E-state index < -0.39 is 74.6 Å². The van der Waals surface area contributed by atoms with Crippen LogP contribution in [0.15, 0.2) is 0 Å². The summed E-state index contributed by atoms with van der Waals surface area (Å²) in [5.41, 5.74) is -5.93.